The molecule has 1 saturated carbocycles. The van der Waals surface area contributed by atoms with Gasteiger partial charge in [-0.25, -0.2) is 4.98 Å². The molecular weight excluding hydrogens is 324 g/mol. The van der Waals surface area contributed by atoms with Gasteiger partial charge in [0.15, 0.2) is 0 Å². The lowest BCUT2D eigenvalue weighted by Crippen LogP contribution is -2.35. The van der Waals surface area contributed by atoms with Crippen LogP contribution in [0.25, 0.3) is 11.0 Å². The number of aromatic nitrogens is 2. The predicted octanol–water partition coefficient (Wildman–Crippen LogP) is 3.71. The number of para-hydroxylation sites is 2. The molecule has 0 radical (unpaired) electrons. The molecule has 2 aromatic carbocycles. The fourth-order valence-electron chi connectivity index (χ4n) is 3.63. The minimum Gasteiger partial charge on any atom is -0.352 e. The molecule has 1 amide bonds. The number of nitrogens with zero attached hydrogens (tertiary/aromatic N) is 2. The van der Waals surface area contributed by atoms with Gasteiger partial charge in [0.1, 0.15) is 6.54 Å². The van der Waals surface area contributed by atoms with Crippen LogP contribution in [0.15, 0.2) is 54.6 Å². The molecule has 0 atom stereocenters. The van der Waals surface area contributed by atoms with Gasteiger partial charge >= 0.3 is 0 Å². The van der Waals surface area contributed by atoms with E-state index >= 15 is 0 Å². The number of rotatable bonds is 6. The number of carbonyl (C=O) groups is 1. The summed E-state index contributed by atoms with van der Waals surface area (Å²) in [7, 11) is 0. The lowest BCUT2D eigenvalue weighted by Gasteiger charge is -2.14. The zero-order valence-electron chi connectivity index (χ0n) is 14.8. The molecule has 1 aliphatic carbocycles. The van der Waals surface area contributed by atoms with Gasteiger partial charge < -0.3 is 15.2 Å². The van der Waals surface area contributed by atoms with Crippen molar-refractivity contribution in [3.05, 3.63) is 60.2 Å². The highest BCUT2D eigenvalue weighted by atomic mass is 16.2. The molecule has 3 aromatic rings. The number of amides is 1. The smallest absolute Gasteiger partial charge is 0.240 e. The molecule has 5 nitrogen and oxygen atoms in total. The zero-order chi connectivity index (χ0) is 17.8. The highest BCUT2D eigenvalue weighted by Gasteiger charge is 2.19. The fraction of sp³-hybridized carbons (Fsp3) is 0.333. The van der Waals surface area contributed by atoms with E-state index in [-0.39, 0.29) is 12.5 Å². The molecule has 1 fully saturated rings. The second-order valence-electron chi connectivity index (χ2n) is 6.90. The number of hydrogen-bond acceptors (Lipinski definition) is 3. The predicted molar refractivity (Wildman–Crippen MR) is 104 cm³/mol. The standard InChI is InChI=1S/C21H24N4O/c26-20(23-17-10-4-5-11-17)15-25-19-13-7-6-12-18(19)24-21(25)22-14-16-8-2-1-3-9-16/h1-3,6-9,12-13,17H,4-5,10-11,14-15H2,(H,22,24)(H,23,26). The number of fused-ring (bicyclic) bond motifs is 1. The Bertz CT molecular complexity index is 881. The van der Waals surface area contributed by atoms with Crippen molar-refractivity contribution in [2.45, 2.75) is 44.8 Å². The van der Waals surface area contributed by atoms with Gasteiger partial charge in [-0.05, 0) is 30.5 Å². The molecule has 5 heteroatoms. The Morgan fingerprint density at radius 2 is 1.77 bits per heavy atom. The number of carbonyl (C=O) groups excluding carboxylic acids is 1. The Labute approximate surface area is 153 Å². The third kappa shape index (κ3) is 3.72. The van der Waals surface area contributed by atoms with E-state index in [0.717, 1.165) is 29.8 Å². The quantitative estimate of drug-likeness (QED) is 0.714. The first-order valence-electron chi connectivity index (χ1n) is 9.32. The van der Waals surface area contributed by atoms with Crippen LogP contribution in [0, 0.1) is 0 Å². The van der Waals surface area contributed by atoms with Crippen molar-refractivity contribution in [2.75, 3.05) is 5.32 Å². The van der Waals surface area contributed by atoms with E-state index in [1.54, 1.807) is 0 Å². The van der Waals surface area contributed by atoms with E-state index in [1.807, 2.05) is 47.0 Å². The van der Waals surface area contributed by atoms with Crippen molar-refractivity contribution in [3.8, 4) is 0 Å². The molecule has 0 bridgehead atoms. The normalized spacial score (nSPS) is 14.6. The first-order valence-corrected chi connectivity index (χ1v) is 9.32. The Hall–Kier alpha value is -2.82. The van der Waals surface area contributed by atoms with Crippen LogP contribution in [0.4, 0.5) is 5.95 Å². The molecule has 1 aliphatic rings. The van der Waals surface area contributed by atoms with E-state index < -0.39 is 0 Å². The van der Waals surface area contributed by atoms with Crippen LogP contribution >= 0.6 is 0 Å². The van der Waals surface area contributed by atoms with Crippen LogP contribution in [0.1, 0.15) is 31.2 Å². The van der Waals surface area contributed by atoms with Crippen molar-refractivity contribution in [1.82, 2.24) is 14.9 Å². The van der Waals surface area contributed by atoms with Crippen molar-refractivity contribution in [2.24, 2.45) is 0 Å². The molecule has 26 heavy (non-hydrogen) atoms. The van der Waals surface area contributed by atoms with Gasteiger partial charge in [-0.2, -0.15) is 0 Å². The highest BCUT2D eigenvalue weighted by molar-refractivity contribution is 5.83. The van der Waals surface area contributed by atoms with Gasteiger partial charge in [-0.1, -0.05) is 55.3 Å². The number of anilines is 1. The second kappa shape index (κ2) is 7.60. The Kier molecular flexibility index (Phi) is 4.86. The summed E-state index contributed by atoms with van der Waals surface area (Å²) >= 11 is 0. The number of hydrogen-bond donors (Lipinski definition) is 2. The number of imidazole rings is 1. The molecular formula is C21H24N4O. The lowest BCUT2D eigenvalue weighted by molar-refractivity contribution is -0.122. The molecule has 1 heterocycles. The van der Waals surface area contributed by atoms with Crippen LogP contribution in [0.2, 0.25) is 0 Å². The molecule has 2 N–H and O–H groups in total. The Balaban J connectivity index is 1.54. The Morgan fingerprint density at radius 1 is 1.04 bits per heavy atom. The topological polar surface area (TPSA) is 59.0 Å². The summed E-state index contributed by atoms with van der Waals surface area (Å²) in [5.74, 6) is 0.791. The number of benzene rings is 2. The molecule has 134 valence electrons. The Morgan fingerprint density at radius 3 is 2.58 bits per heavy atom. The minimum absolute atomic E-state index is 0.0582. The van der Waals surface area contributed by atoms with Crippen molar-refractivity contribution < 1.29 is 4.79 Å². The van der Waals surface area contributed by atoms with Gasteiger partial charge in [0.25, 0.3) is 0 Å². The third-order valence-corrected chi connectivity index (χ3v) is 4.97. The summed E-state index contributed by atoms with van der Waals surface area (Å²) in [5, 5.41) is 6.56. The van der Waals surface area contributed by atoms with Crippen LogP contribution in [-0.4, -0.2) is 21.5 Å². The van der Waals surface area contributed by atoms with Crippen LogP contribution in [-0.2, 0) is 17.9 Å². The van der Waals surface area contributed by atoms with Crippen LogP contribution in [0.3, 0.4) is 0 Å². The SMILES string of the molecule is O=C(Cn1c(NCc2ccccc2)nc2ccccc21)NC1CCCC1. The summed E-state index contributed by atoms with van der Waals surface area (Å²) in [5.41, 5.74) is 3.06. The summed E-state index contributed by atoms with van der Waals surface area (Å²) in [4.78, 5) is 17.2. The van der Waals surface area contributed by atoms with Gasteiger partial charge in [-0.15, -0.1) is 0 Å². The molecule has 0 spiro atoms. The van der Waals surface area contributed by atoms with Crippen molar-refractivity contribution >= 4 is 22.9 Å². The summed E-state index contributed by atoms with van der Waals surface area (Å²) < 4.78 is 1.97. The van der Waals surface area contributed by atoms with Crippen molar-refractivity contribution in [1.29, 1.82) is 0 Å². The number of nitrogens with one attached hydrogen (secondary N) is 2. The molecule has 0 saturated heterocycles. The third-order valence-electron chi connectivity index (χ3n) is 4.97. The molecule has 0 aliphatic heterocycles. The fourth-order valence-corrected chi connectivity index (χ4v) is 3.63. The van der Waals surface area contributed by atoms with Crippen LogP contribution in [0.5, 0.6) is 0 Å². The first-order chi connectivity index (χ1) is 12.8. The largest absolute Gasteiger partial charge is 0.352 e. The molecule has 0 unspecified atom stereocenters. The van der Waals surface area contributed by atoms with Gasteiger partial charge in [-0.3, -0.25) is 4.79 Å². The first kappa shape index (κ1) is 16.6. The van der Waals surface area contributed by atoms with E-state index in [4.69, 9.17) is 0 Å². The molecule has 4 rings (SSSR count). The van der Waals surface area contributed by atoms with Gasteiger partial charge in [0.05, 0.1) is 11.0 Å². The maximum atomic E-state index is 12.5. The van der Waals surface area contributed by atoms with E-state index in [0.29, 0.717) is 12.6 Å². The highest BCUT2D eigenvalue weighted by Crippen LogP contribution is 2.21. The minimum atomic E-state index is 0.0582. The van der Waals surface area contributed by atoms with Gasteiger partial charge in [0, 0.05) is 12.6 Å². The average Bonchev–Trinajstić information content (AvgIpc) is 3.29. The second-order valence-corrected chi connectivity index (χ2v) is 6.90. The van der Waals surface area contributed by atoms with Crippen LogP contribution < -0.4 is 10.6 Å². The molecule has 1 aromatic heterocycles. The maximum Gasteiger partial charge on any atom is 0.240 e. The monoisotopic (exact) mass is 348 g/mol. The van der Waals surface area contributed by atoms with E-state index in [2.05, 4.69) is 27.8 Å². The summed E-state index contributed by atoms with van der Waals surface area (Å²) in [6.07, 6.45) is 4.61. The van der Waals surface area contributed by atoms with E-state index in [1.165, 1.54) is 18.4 Å². The zero-order valence-corrected chi connectivity index (χ0v) is 14.8. The maximum absolute atomic E-state index is 12.5. The average molecular weight is 348 g/mol. The summed E-state index contributed by atoms with van der Waals surface area (Å²) in [6.45, 7) is 0.961. The van der Waals surface area contributed by atoms with Gasteiger partial charge in [0.2, 0.25) is 11.9 Å². The summed E-state index contributed by atoms with van der Waals surface area (Å²) in [6, 6.07) is 18.5. The lowest BCUT2D eigenvalue weighted by atomic mass is 10.2. The van der Waals surface area contributed by atoms with E-state index in [9.17, 15) is 4.79 Å². The van der Waals surface area contributed by atoms with Crippen molar-refractivity contribution in [3.63, 3.8) is 0 Å².